The van der Waals surface area contributed by atoms with E-state index in [1.807, 2.05) is 66.1 Å². The minimum atomic E-state index is -3.58. The number of aryl methyl sites for hydroxylation is 1. The molecule has 0 unspecified atom stereocenters. The number of carbonyl (C=O) groups excluding carboxylic acids is 1. The molecule has 0 fully saturated rings. The van der Waals surface area contributed by atoms with Gasteiger partial charge in [0.1, 0.15) is 0 Å². The summed E-state index contributed by atoms with van der Waals surface area (Å²) in [6, 6.07) is 24.0. The molecular formula is C30H36N6O3S2. The van der Waals surface area contributed by atoms with Gasteiger partial charge in [0, 0.05) is 23.6 Å². The Bertz CT molecular complexity index is 1520. The summed E-state index contributed by atoms with van der Waals surface area (Å²) in [6.45, 7) is 5.03. The number of hydrogen-bond acceptors (Lipinski definition) is 7. The van der Waals surface area contributed by atoms with Gasteiger partial charge in [-0.3, -0.25) is 9.36 Å². The van der Waals surface area contributed by atoms with Gasteiger partial charge >= 0.3 is 0 Å². The SMILES string of the molecule is CCCCCCNS(=O)(=O)c1ccc(NC(=O)CSc2nnc(CNc3ccccc3C)n2-c2ccccc2)cc1. The molecule has 0 aliphatic carbocycles. The van der Waals surface area contributed by atoms with Crippen LogP contribution in [0, 0.1) is 6.92 Å². The van der Waals surface area contributed by atoms with Gasteiger partial charge in [-0.2, -0.15) is 0 Å². The molecule has 3 N–H and O–H groups in total. The van der Waals surface area contributed by atoms with E-state index in [-0.39, 0.29) is 16.6 Å². The molecule has 4 rings (SSSR count). The summed E-state index contributed by atoms with van der Waals surface area (Å²) in [7, 11) is -3.58. The number of sulfonamides is 1. The molecule has 0 aliphatic rings. The van der Waals surface area contributed by atoms with Crippen LogP contribution >= 0.6 is 11.8 Å². The van der Waals surface area contributed by atoms with Crippen LogP contribution in [0.2, 0.25) is 0 Å². The van der Waals surface area contributed by atoms with Crippen LogP contribution < -0.4 is 15.4 Å². The van der Waals surface area contributed by atoms with Gasteiger partial charge in [0.2, 0.25) is 15.9 Å². The minimum Gasteiger partial charge on any atom is -0.378 e. The summed E-state index contributed by atoms with van der Waals surface area (Å²) >= 11 is 1.28. The summed E-state index contributed by atoms with van der Waals surface area (Å²) in [4.78, 5) is 12.9. The lowest BCUT2D eigenvalue weighted by atomic mass is 10.2. The molecule has 1 aromatic heterocycles. The third-order valence-electron chi connectivity index (χ3n) is 6.40. The first-order valence-corrected chi connectivity index (χ1v) is 16.2. The van der Waals surface area contributed by atoms with Crippen molar-refractivity contribution in [3.8, 4) is 5.69 Å². The van der Waals surface area contributed by atoms with E-state index in [9.17, 15) is 13.2 Å². The van der Waals surface area contributed by atoms with E-state index >= 15 is 0 Å². The smallest absolute Gasteiger partial charge is 0.240 e. The monoisotopic (exact) mass is 592 g/mol. The predicted molar refractivity (Wildman–Crippen MR) is 165 cm³/mol. The zero-order chi connectivity index (χ0) is 29.1. The highest BCUT2D eigenvalue weighted by Gasteiger charge is 2.17. The molecule has 0 atom stereocenters. The summed E-state index contributed by atoms with van der Waals surface area (Å²) < 4.78 is 29.6. The molecule has 4 aromatic rings. The molecule has 1 amide bonds. The van der Waals surface area contributed by atoms with Gasteiger partial charge in [-0.25, -0.2) is 13.1 Å². The third-order valence-corrected chi connectivity index (χ3v) is 8.81. The number of anilines is 2. The van der Waals surface area contributed by atoms with E-state index in [0.717, 1.165) is 48.4 Å². The zero-order valence-corrected chi connectivity index (χ0v) is 25.0. The molecule has 0 aliphatic heterocycles. The van der Waals surface area contributed by atoms with Gasteiger partial charge in [-0.15, -0.1) is 10.2 Å². The van der Waals surface area contributed by atoms with Crippen LogP contribution in [0.1, 0.15) is 44.0 Å². The molecule has 0 saturated heterocycles. The molecule has 11 heteroatoms. The lowest BCUT2D eigenvalue weighted by molar-refractivity contribution is -0.113. The Morgan fingerprint density at radius 3 is 2.37 bits per heavy atom. The van der Waals surface area contributed by atoms with Gasteiger partial charge in [0.05, 0.1) is 17.2 Å². The van der Waals surface area contributed by atoms with Gasteiger partial charge in [-0.05, 0) is 61.4 Å². The van der Waals surface area contributed by atoms with Gasteiger partial charge in [-0.1, -0.05) is 74.3 Å². The maximum Gasteiger partial charge on any atom is 0.240 e. The maximum absolute atomic E-state index is 12.8. The number of aromatic nitrogens is 3. The van der Waals surface area contributed by atoms with E-state index in [1.54, 1.807) is 12.1 Å². The second-order valence-electron chi connectivity index (χ2n) is 9.56. The average Bonchev–Trinajstić information content (AvgIpc) is 3.39. The number of amides is 1. The Morgan fingerprint density at radius 1 is 0.902 bits per heavy atom. The van der Waals surface area contributed by atoms with E-state index in [2.05, 4.69) is 32.5 Å². The van der Waals surface area contributed by atoms with Crippen molar-refractivity contribution in [3.05, 3.63) is 90.3 Å². The fraction of sp³-hybridized carbons (Fsp3) is 0.300. The molecule has 3 aromatic carbocycles. The highest BCUT2D eigenvalue weighted by atomic mass is 32.2. The van der Waals surface area contributed by atoms with Crippen LogP contribution in [0.4, 0.5) is 11.4 Å². The second-order valence-corrected chi connectivity index (χ2v) is 12.3. The summed E-state index contributed by atoms with van der Waals surface area (Å²) in [5.41, 5.74) is 3.57. The predicted octanol–water partition coefficient (Wildman–Crippen LogP) is 5.78. The number of nitrogens with one attached hydrogen (secondary N) is 3. The van der Waals surface area contributed by atoms with Crippen molar-refractivity contribution < 1.29 is 13.2 Å². The van der Waals surface area contributed by atoms with E-state index in [0.29, 0.717) is 23.9 Å². The Hall–Kier alpha value is -3.67. The number of thioether (sulfide) groups is 1. The van der Waals surface area contributed by atoms with Gasteiger partial charge < -0.3 is 10.6 Å². The largest absolute Gasteiger partial charge is 0.378 e. The number of nitrogens with zero attached hydrogens (tertiary/aromatic N) is 3. The van der Waals surface area contributed by atoms with Crippen molar-refractivity contribution in [2.45, 2.75) is 56.1 Å². The molecule has 0 bridgehead atoms. The first-order valence-electron chi connectivity index (χ1n) is 13.7. The standard InChI is InChI=1S/C30H36N6O3S2/c1-3-4-5-11-20-32-41(38,39)26-18-16-24(17-19-26)33-29(37)22-40-30-35-34-28(36(30)25-13-7-6-8-14-25)21-31-27-15-10-9-12-23(27)2/h6-10,12-19,31-32H,3-5,11,20-22H2,1-2H3,(H,33,37). The summed E-state index contributed by atoms with van der Waals surface area (Å²) in [6.07, 6.45) is 3.99. The van der Waals surface area contributed by atoms with Crippen LogP contribution in [-0.4, -0.2) is 41.4 Å². The number of rotatable bonds is 15. The second kappa shape index (κ2) is 14.8. The van der Waals surface area contributed by atoms with Crippen LogP contribution in [-0.2, 0) is 21.4 Å². The number of para-hydroxylation sites is 2. The Kier molecular flexibility index (Phi) is 10.9. The number of hydrogen-bond donors (Lipinski definition) is 3. The van der Waals surface area contributed by atoms with Crippen molar-refractivity contribution in [2.24, 2.45) is 0 Å². The number of benzene rings is 3. The molecular weight excluding hydrogens is 557 g/mol. The minimum absolute atomic E-state index is 0.107. The van der Waals surface area contributed by atoms with Crippen molar-refractivity contribution >= 4 is 39.1 Å². The van der Waals surface area contributed by atoms with Crippen molar-refractivity contribution in [2.75, 3.05) is 22.9 Å². The number of carbonyl (C=O) groups is 1. The molecule has 216 valence electrons. The third kappa shape index (κ3) is 8.66. The van der Waals surface area contributed by atoms with E-state index < -0.39 is 10.0 Å². The average molecular weight is 593 g/mol. The highest BCUT2D eigenvalue weighted by Crippen LogP contribution is 2.24. The molecule has 0 radical (unpaired) electrons. The lowest BCUT2D eigenvalue weighted by Gasteiger charge is -2.12. The topological polar surface area (TPSA) is 118 Å². The number of unbranched alkanes of at least 4 members (excludes halogenated alkanes) is 3. The summed E-state index contributed by atoms with van der Waals surface area (Å²) in [5, 5.41) is 15.6. The molecule has 9 nitrogen and oxygen atoms in total. The van der Waals surface area contributed by atoms with Gasteiger partial charge in [0.25, 0.3) is 0 Å². The van der Waals surface area contributed by atoms with Crippen molar-refractivity contribution in [1.82, 2.24) is 19.5 Å². The first kappa shape index (κ1) is 30.3. The molecule has 1 heterocycles. The summed E-state index contributed by atoms with van der Waals surface area (Å²) in [5.74, 6) is 0.593. The Labute approximate surface area is 246 Å². The molecule has 41 heavy (non-hydrogen) atoms. The van der Waals surface area contributed by atoms with Crippen molar-refractivity contribution in [3.63, 3.8) is 0 Å². The van der Waals surface area contributed by atoms with Crippen LogP contribution in [0.25, 0.3) is 5.69 Å². The van der Waals surface area contributed by atoms with Crippen LogP contribution in [0.3, 0.4) is 0 Å². The first-order chi connectivity index (χ1) is 19.9. The maximum atomic E-state index is 12.8. The van der Waals surface area contributed by atoms with Crippen molar-refractivity contribution in [1.29, 1.82) is 0 Å². The zero-order valence-electron chi connectivity index (χ0n) is 23.3. The van der Waals surface area contributed by atoms with E-state index in [4.69, 9.17) is 0 Å². The normalized spacial score (nSPS) is 11.4. The fourth-order valence-corrected chi connectivity index (χ4v) is 6.02. The van der Waals surface area contributed by atoms with Crippen LogP contribution in [0.15, 0.2) is 88.9 Å². The fourth-order valence-electron chi connectivity index (χ4n) is 4.18. The highest BCUT2D eigenvalue weighted by molar-refractivity contribution is 7.99. The Balaban J connectivity index is 1.37. The molecule has 0 spiro atoms. The van der Waals surface area contributed by atoms with Gasteiger partial charge in [0.15, 0.2) is 11.0 Å². The quantitative estimate of drug-likeness (QED) is 0.118. The molecule has 0 saturated carbocycles. The Morgan fingerprint density at radius 2 is 1.63 bits per heavy atom. The van der Waals surface area contributed by atoms with E-state index in [1.165, 1.54) is 23.9 Å². The van der Waals surface area contributed by atoms with Crippen LogP contribution in [0.5, 0.6) is 0 Å². The lowest BCUT2D eigenvalue weighted by Crippen LogP contribution is -2.24.